The predicted molar refractivity (Wildman–Crippen MR) is 62.5 cm³/mol. The quantitative estimate of drug-likeness (QED) is 0.891. The van der Waals surface area contributed by atoms with Crippen LogP contribution in [0.25, 0.3) is 0 Å². The third-order valence-electron chi connectivity index (χ3n) is 2.00. The van der Waals surface area contributed by atoms with Gasteiger partial charge < -0.3 is 10.8 Å². The lowest BCUT2D eigenvalue weighted by Gasteiger charge is -2.22. The molecule has 1 rings (SSSR count). The van der Waals surface area contributed by atoms with E-state index in [4.69, 9.17) is 22.4 Å². The van der Waals surface area contributed by atoms with Crippen LogP contribution in [0.15, 0.2) is 22.7 Å². The molecular formula is C10H13BrClNO. The molecule has 2 nitrogen and oxygen atoms in total. The summed E-state index contributed by atoms with van der Waals surface area (Å²) in [6, 6.07) is 5.59. The summed E-state index contributed by atoms with van der Waals surface area (Å²) in [6.45, 7) is 1.73. The molecule has 78 valence electrons. The average Bonchev–Trinajstić information content (AvgIpc) is 2.12. The van der Waals surface area contributed by atoms with E-state index in [1.54, 1.807) is 6.92 Å². The molecule has 0 bridgehead atoms. The first-order valence-corrected chi connectivity index (χ1v) is 5.46. The Kier molecular flexibility index (Phi) is 3.95. The third kappa shape index (κ3) is 2.95. The van der Waals surface area contributed by atoms with Crippen molar-refractivity contribution >= 4 is 27.5 Å². The van der Waals surface area contributed by atoms with Crippen LogP contribution < -0.4 is 5.73 Å². The van der Waals surface area contributed by atoms with Gasteiger partial charge in [-0.3, -0.25) is 0 Å². The van der Waals surface area contributed by atoms with Crippen molar-refractivity contribution in [2.24, 2.45) is 5.73 Å². The summed E-state index contributed by atoms with van der Waals surface area (Å²) in [7, 11) is 0. The van der Waals surface area contributed by atoms with E-state index in [-0.39, 0.29) is 6.61 Å². The fourth-order valence-corrected chi connectivity index (χ4v) is 2.02. The summed E-state index contributed by atoms with van der Waals surface area (Å²) in [5.74, 6) is 0. The van der Waals surface area contributed by atoms with E-state index in [0.717, 1.165) is 10.0 Å². The zero-order valence-corrected chi connectivity index (χ0v) is 10.3. The second-order valence-electron chi connectivity index (χ2n) is 3.69. The van der Waals surface area contributed by atoms with Crippen molar-refractivity contribution in [2.75, 3.05) is 6.61 Å². The van der Waals surface area contributed by atoms with Crippen LogP contribution in [0.2, 0.25) is 5.02 Å². The van der Waals surface area contributed by atoms with Crippen molar-refractivity contribution in [2.45, 2.75) is 18.9 Å². The molecule has 0 saturated heterocycles. The molecule has 0 aliphatic rings. The highest BCUT2D eigenvalue weighted by atomic mass is 79.9. The second kappa shape index (κ2) is 4.62. The first-order chi connectivity index (χ1) is 6.46. The first kappa shape index (κ1) is 12.0. The molecule has 0 spiro atoms. The molecule has 0 heterocycles. The molecule has 0 aromatic heterocycles. The SMILES string of the molecule is CC(N)(CO)Cc1c(Cl)cccc1Br. The summed E-state index contributed by atoms with van der Waals surface area (Å²) in [6.07, 6.45) is 0.545. The third-order valence-corrected chi connectivity index (χ3v) is 3.10. The van der Waals surface area contributed by atoms with Crippen LogP contribution in [0.1, 0.15) is 12.5 Å². The Hall–Kier alpha value is -0.0900. The van der Waals surface area contributed by atoms with Gasteiger partial charge in [0.1, 0.15) is 0 Å². The lowest BCUT2D eigenvalue weighted by Crippen LogP contribution is -2.42. The van der Waals surface area contributed by atoms with Crippen LogP contribution in [0.3, 0.4) is 0 Å². The average molecular weight is 279 g/mol. The fourth-order valence-electron chi connectivity index (χ4n) is 1.16. The van der Waals surface area contributed by atoms with Crippen LogP contribution >= 0.6 is 27.5 Å². The molecule has 1 unspecified atom stereocenters. The maximum atomic E-state index is 9.05. The van der Waals surface area contributed by atoms with Crippen LogP contribution in [0.5, 0.6) is 0 Å². The van der Waals surface area contributed by atoms with E-state index >= 15 is 0 Å². The van der Waals surface area contributed by atoms with Gasteiger partial charge in [0.25, 0.3) is 0 Å². The predicted octanol–water partition coefficient (Wildman–Crippen LogP) is 2.35. The van der Waals surface area contributed by atoms with Gasteiger partial charge in [0.2, 0.25) is 0 Å². The topological polar surface area (TPSA) is 46.2 Å². The molecule has 0 aliphatic heterocycles. The summed E-state index contributed by atoms with van der Waals surface area (Å²) in [4.78, 5) is 0. The Bertz CT molecular complexity index is 308. The normalized spacial score (nSPS) is 15.2. The minimum Gasteiger partial charge on any atom is -0.394 e. The van der Waals surface area contributed by atoms with Crippen molar-refractivity contribution in [3.8, 4) is 0 Å². The van der Waals surface area contributed by atoms with Crippen LogP contribution in [0, 0.1) is 0 Å². The second-order valence-corrected chi connectivity index (χ2v) is 4.95. The highest BCUT2D eigenvalue weighted by Crippen LogP contribution is 2.27. The maximum Gasteiger partial charge on any atom is 0.0611 e. The van der Waals surface area contributed by atoms with Gasteiger partial charge in [-0.05, 0) is 31.0 Å². The number of benzene rings is 1. The van der Waals surface area contributed by atoms with Crippen molar-refractivity contribution < 1.29 is 5.11 Å². The summed E-state index contributed by atoms with van der Waals surface area (Å²) in [5.41, 5.74) is 6.16. The zero-order chi connectivity index (χ0) is 10.8. The van der Waals surface area contributed by atoms with Gasteiger partial charge in [-0.25, -0.2) is 0 Å². The van der Waals surface area contributed by atoms with Gasteiger partial charge in [-0.15, -0.1) is 0 Å². The lowest BCUT2D eigenvalue weighted by atomic mass is 9.95. The molecule has 0 saturated carbocycles. The highest BCUT2D eigenvalue weighted by molar-refractivity contribution is 9.10. The highest BCUT2D eigenvalue weighted by Gasteiger charge is 2.20. The monoisotopic (exact) mass is 277 g/mol. The van der Waals surface area contributed by atoms with Gasteiger partial charge in [-0.1, -0.05) is 33.6 Å². The minimum absolute atomic E-state index is 0.0648. The van der Waals surface area contributed by atoms with Crippen LogP contribution in [-0.2, 0) is 6.42 Å². The van der Waals surface area contributed by atoms with E-state index in [2.05, 4.69) is 15.9 Å². The number of aliphatic hydroxyl groups excluding tert-OH is 1. The van der Waals surface area contributed by atoms with Crippen molar-refractivity contribution in [1.82, 2.24) is 0 Å². The molecule has 0 aliphatic carbocycles. The molecule has 0 amide bonds. The van der Waals surface area contributed by atoms with E-state index < -0.39 is 5.54 Å². The zero-order valence-electron chi connectivity index (χ0n) is 7.93. The molecule has 1 aromatic rings. The van der Waals surface area contributed by atoms with Crippen molar-refractivity contribution in [1.29, 1.82) is 0 Å². The molecule has 4 heteroatoms. The Labute approximate surface area is 97.2 Å². The number of nitrogens with two attached hydrogens (primary N) is 1. The summed E-state index contributed by atoms with van der Waals surface area (Å²) in [5, 5.41) is 9.72. The fraction of sp³-hybridized carbons (Fsp3) is 0.400. The molecule has 0 radical (unpaired) electrons. The molecule has 14 heavy (non-hydrogen) atoms. The Balaban J connectivity index is 2.97. The van der Waals surface area contributed by atoms with Gasteiger partial charge in [-0.2, -0.15) is 0 Å². The molecule has 0 fully saturated rings. The smallest absolute Gasteiger partial charge is 0.0611 e. The molecule has 3 N–H and O–H groups in total. The van der Waals surface area contributed by atoms with Crippen molar-refractivity contribution in [3.05, 3.63) is 33.3 Å². The van der Waals surface area contributed by atoms with E-state index in [1.807, 2.05) is 18.2 Å². The Morgan fingerprint density at radius 1 is 1.57 bits per heavy atom. The van der Waals surface area contributed by atoms with E-state index in [0.29, 0.717) is 11.4 Å². The van der Waals surface area contributed by atoms with Crippen LogP contribution in [-0.4, -0.2) is 17.3 Å². The van der Waals surface area contributed by atoms with Gasteiger partial charge in [0, 0.05) is 15.0 Å². The minimum atomic E-state index is -0.631. The lowest BCUT2D eigenvalue weighted by molar-refractivity contribution is 0.208. The number of rotatable bonds is 3. The molecule has 1 atom stereocenters. The van der Waals surface area contributed by atoms with Gasteiger partial charge >= 0.3 is 0 Å². The molecule has 1 aromatic carbocycles. The van der Waals surface area contributed by atoms with E-state index in [9.17, 15) is 0 Å². The largest absolute Gasteiger partial charge is 0.394 e. The van der Waals surface area contributed by atoms with Crippen LogP contribution in [0.4, 0.5) is 0 Å². The number of hydrogen-bond acceptors (Lipinski definition) is 2. The van der Waals surface area contributed by atoms with E-state index in [1.165, 1.54) is 0 Å². The summed E-state index contributed by atoms with van der Waals surface area (Å²) < 4.78 is 0.926. The Morgan fingerprint density at radius 2 is 2.21 bits per heavy atom. The maximum absolute atomic E-state index is 9.05. The van der Waals surface area contributed by atoms with Gasteiger partial charge in [0.05, 0.1) is 6.61 Å². The first-order valence-electron chi connectivity index (χ1n) is 4.29. The van der Waals surface area contributed by atoms with Gasteiger partial charge in [0.15, 0.2) is 0 Å². The Morgan fingerprint density at radius 3 is 2.71 bits per heavy atom. The van der Waals surface area contributed by atoms with Crippen molar-refractivity contribution in [3.63, 3.8) is 0 Å². The number of aliphatic hydroxyl groups is 1. The standard InChI is InChI=1S/C10H13BrClNO/c1-10(13,6-14)5-7-8(11)3-2-4-9(7)12/h2-4,14H,5-6,13H2,1H3. The summed E-state index contributed by atoms with van der Waals surface area (Å²) >= 11 is 9.43. The number of halogens is 2. The molecular weight excluding hydrogens is 265 g/mol. The number of hydrogen-bond donors (Lipinski definition) is 2.